The summed E-state index contributed by atoms with van der Waals surface area (Å²) in [5.74, 6) is 1.01. The van der Waals surface area contributed by atoms with Gasteiger partial charge in [-0.05, 0) is 25.7 Å². The van der Waals surface area contributed by atoms with Crippen molar-refractivity contribution in [2.24, 2.45) is 0 Å². The molecule has 1 aromatic rings. The number of methoxy groups -OCH3 is 1. The lowest BCUT2D eigenvalue weighted by atomic mass is 9.93. The van der Waals surface area contributed by atoms with Gasteiger partial charge in [0.05, 0.1) is 0 Å². The average Bonchev–Trinajstić information content (AvgIpc) is 2.58. The van der Waals surface area contributed by atoms with Crippen LogP contribution in [0.2, 0.25) is 0 Å². The van der Waals surface area contributed by atoms with E-state index < -0.39 is 0 Å². The minimum Gasteiger partial charge on any atom is -0.385 e. The van der Waals surface area contributed by atoms with Crippen molar-refractivity contribution in [1.82, 2.24) is 9.55 Å². The van der Waals surface area contributed by atoms with Gasteiger partial charge >= 0.3 is 0 Å². The van der Waals surface area contributed by atoms with Crippen LogP contribution >= 0.6 is 0 Å². The van der Waals surface area contributed by atoms with Gasteiger partial charge in [-0.3, -0.25) is 0 Å². The molecule has 15 heavy (non-hydrogen) atoms. The van der Waals surface area contributed by atoms with Gasteiger partial charge in [0.25, 0.3) is 0 Å². The third-order valence-electron chi connectivity index (χ3n) is 2.95. The van der Waals surface area contributed by atoms with E-state index in [1.165, 1.54) is 19.3 Å². The first-order chi connectivity index (χ1) is 7.42. The van der Waals surface area contributed by atoms with Gasteiger partial charge in [-0.15, -0.1) is 0 Å². The number of imidazole rings is 1. The molecule has 1 aliphatic rings. The lowest BCUT2D eigenvalue weighted by Gasteiger charge is -2.28. The highest BCUT2D eigenvalue weighted by molar-refractivity contribution is 5.26. The molecule has 0 bridgehead atoms. The highest BCUT2D eigenvalue weighted by Gasteiger charge is 2.21. The van der Waals surface area contributed by atoms with Crippen LogP contribution in [0, 0.1) is 0 Å². The largest absolute Gasteiger partial charge is 0.385 e. The molecule has 0 aliphatic heterocycles. The van der Waals surface area contributed by atoms with Crippen molar-refractivity contribution in [2.75, 3.05) is 25.6 Å². The predicted octanol–water partition coefficient (Wildman–Crippen LogP) is 2.06. The van der Waals surface area contributed by atoms with Crippen LogP contribution in [-0.2, 0) is 4.74 Å². The Morgan fingerprint density at radius 2 is 2.47 bits per heavy atom. The molecule has 2 rings (SSSR count). The second-order valence-electron chi connectivity index (χ2n) is 4.02. The van der Waals surface area contributed by atoms with Crippen molar-refractivity contribution >= 4 is 5.95 Å². The van der Waals surface area contributed by atoms with Crippen LogP contribution in [0.1, 0.15) is 31.7 Å². The molecule has 84 valence electrons. The maximum absolute atomic E-state index is 5.00. The smallest absolute Gasteiger partial charge is 0.203 e. The van der Waals surface area contributed by atoms with Gasteiger partial charge in [0.1, 0.15) is 0 Å². The van der Waals surface area contributed by atoms with Gasteiger partial charge in [0.2, 0.25) is 5.95 Å². The summed E-state index contributed by atoms with van der Waals surface area (Å²) >= 11 is 0. The number of ether oxygens (including phenoxy) is 1. The van der Waals surface area contributed by atoms with Gasteiger partial charge in [0.15, 0.2) is 0 Å². The van der Waals surface area contributed by atoms with Gasteiger partial charge in [-0.1, -0.05) is 0 Å². The molecular formula is C11H19N3O. The summed E-state index contributed by atoms with van der Waals surface area (Å²) in [4.78, 5) is 4.33. The van der Waals surface area contributed by atoms with Crippen molar-refractivity contribution in [2.45, 2.75) is 31.7 Å². The Bertz CT molecular complexity index is 294. The maximum atomic E-state index is 5.00. The monoisotopic (exact) mass is 209 g/mol. The first-order valence-corrected chi connectivity index (χ1v) is 5.67. The van der Waals surface area contributed by atoms with Crippen LogP contribution in [0.25, 0.3) is 0 Å². The van der Waals surface area contributed by atoms with E-state index in [2.05, 4.69) is 21.1 Å². The zero-order chi connectivity index (χ0) is 10.5. The minimum atomic E-state index is 0.678. The Kier molecular flexibility index (Phi) is 3.61. The first kappa shape index (κ1) is 10.5. The summed E-state index contributed by atoms with van der Waals surface area (Å²) in [5.41, 5.74) is 0. The average molecular weight is 209 g/mol. The van der Waals surface area contributed by atoms with Crippen LogP contribution in [0.5, 0.6) is 0 Å². The van der Waals surface area contributed by atoms with E-state index in [0.717, 1.165) is 25.5 Å². The molecular weight excluding hydrogens is 190 g/mol. The summed E-state index contributed by atoms with van der Waals surface area (Å²) in [6.07, 6.45) is 8.91. The van der Waals surface area contributed by atoms with Crippen LogP contribution in [0.15, 0.2) is 12.4 Å². The second-order valence-corrected chi connectivity index (χ2v) is 4.02. The fraction of sp³-hybridized carbons (Fsp3) is 0.727. The lowest BCUT2D eigenvalue weighted by Crippen LogP contribution is -2.19. The topological polar surface area (TPSA) is 39.1 Å². The molecule has 1 N–H and O–H groups in total. The van der Waals surface area contributed by atoms with E-state index in [9.17, 15) is 0 Å². The van der Waals surface area contributed by atoms with Crippen molar-refractivity contribution in [3.8, 4) is 0 Å². The molecule has 4 nitrogen and oxygen atoms in total. The standard InChI is InChI=1S/C11H19N3O/c1-15-9-3-6-12-11-13-7-8-14(11)10-4-2-5-10/h7-8,10H,2-6,9H2,1H3,(H,12,13). The van der Waals surface area contributed by atoms with E-state index in [4.69, 9.17) is 4.74 Å². The van der Waals surface area contributed by atoms with Gasteiger partial charge < -0.3 is 14.6 Å². The van der Waals surface area contributed by atoms with Gasteiger partial charge in [-0.25, -0.2) is 4.98 Å². The maximum Gasteiger partial charge on any atom is 0.203 e. The molecule has 1 aliphatic carbocycles. The third kappa shape index (κ3) is 2.50. The molecule has 1 fully saturated rings. The molecule has 1 saturated carbocycles. The summed E-state index contributed by atoms with van der Waals surface area (Å²) in [7, 11) is 1.73. The fourth-order valence-corrected chi connectivity index (χ4v) is 1.83. The van der Waals surface area contributed by atoms with E-state index in [-0.39, 0.29) is 0 Å². The van der Waals surface area contributed by atoms with Crippen LogP contribution in [0.4, 0.5) is 5.95 Å². The Morgan fingerprint density at radius 3 is 3.13 bits per heavy atom. The molecule has 0 amide bonds. The number of hydrogen-bond acceptors (Lipinski definition) is 3. The normalized spacial score (nSPS) is 16.3. The number of aromatic nitrogens is 2. The van der Waals surface area contributed by atoms with E-state index >= 15 is 0 Å². The summed E-state index contributed by atoms with van der Waals surface area (Å²) in [5, 5.41) is 3.35. The SMILES string of the molecule is COCCCNc1nccn1C1CCC1. The van der Waals surface area contributed by atoms with Crippen LogP contribution in [-0.4, -0.2) is 29.8 Å². The zero-order valence-electron chi connectivity index (χ0n) is 9.28. The predicted molar refractivity (Wildman–Crippen MR) is 60.1 cm³/mol. The van der Waals surface area contributed by atoms with Crippen molar-refractivity contribution in [1.29, 1.82) is 0 Å². The second kappa shape index (κ2) is 5.16. The van der Waals surface area contributed by atoms with E-state index in [1.807, 2.05) is 6.20 Å². The molecule has 0 saturated heterocycles. The summed E-state index contributed by atoms with van der Waals surface area (Å²) < 4.78 is 7.26. The Hall–Kier alpha value is -1.03. The molecule has 0 unspecified atom stereocenters. The number of rotatable bonds is 6. The number of anilines is 1. The molecule has 0 atom stereocenters. The van der Waals surface area contributed by atoms with E-state index in [1.54, 1.807) is 7.11 Å². The molecule has 0 spiro atoms. The quantitative estimate of drug-likeness (QED) is 0.729. The minimum absolute atomic E-state index is 0.678. The molecule has 4 heteroatoms. The Labute approximate surface area is 90.6 Å². The van der Waals surface area contributed by atoms with Gasteiger partial charge in [0, 0.05) is 38.7 Å². The van der Waals surface area contributed by atoms with Crippen molar-refractivity contribution < 1.29 is 4.74 Å². The number of nitrogens with zero attached hydrogens (tertiary/aromatic N) is 2. The van der Waals surface area contributed by atoms with Crippen LogP contribution < -0.4 is 5.32 Å². The number of nitrogens with one attached hydrogen (secondary N) is 1. The highest BCUT2D eigenvalue weighted by Crippen LogP contribution is 2.33. The Balaban J connectivity index is 1.82. The van der Waals surface area contributed by atoms with Crippen molar-refractivity contribution in [3.05, 3.63) is 12.4 Å². The first-order valence-electron chi connectivity index (χ1n) is 5.67. The van der Waals surface area contributed by atoms with E-state index in [0.29, 0.717) is 6.04 Å². The highest BCUT2D eigenvalue weighted by atomic mass is 16.5. The fourth-order valence-electron chi connectivity index (χ4n) is 1.83. The summed E-state index contributed by atoms with van der Waals surface area (Å²) in [6.45, 7) is 1.73. The lowest BCUT2D eigenvalue weighted by molar-refractivity contribution is 0.197. The summed E-state index contributed by atoms with van der Waals surface area (Å²) in [6, 6.07) is 0.678. The van der Waals surface area contributed by atoms with Crippen molar-refractivity contribution in [3.63, 3.8) is 0 Å². The number of hydrogen-bond donors (Lipinski definition) is 1. The molecule has 0 radical (unpaired) electrons. The molecule has 1 aromatic heterocycles. The molecule has 0 aromatic carbocycles. The molecule has 1 heterocycles. The third-order valence-corrected chi connectivity index (χ3v) is 2.95. The van der Waals surface area contributed by atoms with Gasteiger partial charge in [-0.2, -0.15) is 0 Å². The zero-order valence-corrected chi connectivity index (χ0v) is 9.28. The van der Waals surface area contributed by atoms with Crippen LogP contribution in [0.3, 0.4) is 0 Å². The Morgan fingerprint density at radius 1 is 1.60 bits per heavy atom.